The highest BCUT2D eigenvalue weighted by Gasteiger charge is 2.30. The number of ether oxygens (including phenoxy) is 4. The lowest BCUT2D eigenvalue weighted by molar-refractivity contribution is -0.146. The van der Waals surface area contributed by atoms with Gasteiger partial charge in [0.25, 0.3) is 0 Å². The van der Waals surface area contributed by atoms with Crippen LogP contribution in [-0.2, 0) is 41.6 Å². The Morgan fingerprint density at radius 3 is 1.43 bits per heavy atom. The summed E-state index contributed by atoms with van der Waals surface area (Å²) >= 11 is 0. The molecule has 2 heterocycles. The highest BCUT2D eigenvalue weighted by molar-refractivity contribution is 5.82. The minimum atomic E-state index is -0.958. The molecular weight excluding hydrogens is 652 g/mol. The van der Waals surface area contributed by atoms with Crippen LogP contribution in [0.1, 0.15) is 90.5 Å². The third-order valence-electron chi connectivity index (χ3n) is 7.51. The Balaban J connectivity index is 1.44. The largest absolute Gasteiger partial charge is 0.464 e. The summed E-state index contributed by atoms with van der Waals surface area (Å²) in [4.78, 5) is 54.2. The third-order valence-corrected chi connectivity index (χ3v) is 7.51. The first-order valence-electron chi connectivity index (χ1n) is 17.1. The van der Waals surface area contributed by atoms with Crippen LogP contribution in [0.2, 0.25) is 0 Å². The molecule has 2 atom stereocenters. The molecule has 0 aliphatic carbocycles. The number of esters is 2. The van der Waals surface area contributed by atoms with E-state index in [0.717, 1.165) is 40.3 Å². The molecule has 2 bridgehead atoms. The first kappa shape index (κ1) is 38.4. The van der Waals surface area contributed by atoms with E-state index in [0.29, 0.717) is 13.1 Å². The second-order valence-corrected chi connectivity index (χ2v) is 14.1. The summed E-state index contributed by atoms with van der Waals surface area (Å²) in [6.45, 7) is 16.4. The second kappa shape index (κ2) is 16.6. The molecule has 2 aliphatic heterocycles. The molecule has 272 valence electrons. The number of alkyl carbamates (subject to hydrolysis) is 2. The highest BCUT2D eigenvalue weighted by Crippen LogP contribution is 2.38. The van der Waals surface area contributed by atoms with Crippen LogP contribution in [-0.4, -0.2) is 67.3 Å². The topological polar surface area (TPSA) is 136 Å². The molecule has 2 N–H and O–H groups in total. The Labute approximate surface area is 300 Å². The van der Waals surface area contributed by atoms with E-state index in [2.05, 4.69) is 68.4 Å². The molecule has 0 fully saturated rings. The van der Waals surface area contributed by atoms with Crippen molar-refractivity contribution in [3.8, 4) is 23.7 Å². The first-order valence-corrected chi connectivity index (χ1v) is 17.1. The van der Waals surface area contributed by atoms with Crippen molar-refractivity contribution in [1.29, 1.82) is 0 Å². The van der Waals surface area contributed by atoms with Gasteiger partial charge >= 0.3 is 24.1 Å². The van der Waals surface area contributed by atoms with Gasteiger partial charge in [-0.05, 0) is 103 Å². The predicted molar refractivity (Wildman–Crippen MR) is 193 cm³/mol. The quantitative estimate of drug-likeness (QED) is 0.210. The van der Waals surface area contributed by atoms with E-state index in [-0.39, 0.29) is 26.1 Å². The van der Waals surface area contributed by atoms with E-state index in [4.69, 9.17) is 18.9 Å². The molecule has 2 amide bonds. The van der Waals surface area contributed by atoms with E-state index in [9.17, 15) is 19.2 Å². The van der Waals surface area contributed by atoms with Crippen molar-refractivity contribution in [3.05, 3.63) is 58.7 Å². The van der Waals surface area contributed by atoms with Crippen molar-refractivity contribution < 1.29 is 38.1 Å². The number of nitrogens with one attached hydrogen (secondary N) is 2. The average molecular weight is 701 g/mol. The van der Waals surface area contributed by atoms with Crippen LogP contribution in [0, 0.1) is 23.7 Å². The molecule has 0 spiro atoms. The van der Waals surface area contributed by atoms with E-state index in [1.165, 1.54) is 0 Å². The zero-order valence-corrected chi connectivity index (χ0v) is 30.7. The number of amides is 2. The van der Waals surface area contributed by atoms with Crippen LogP contribution in [0.3, 0.4) is 0 Å². The number of nitrogens with zero attached hydrogens (tertiary/aromatic N) is 2. The summed E-state index contributed by atoms with van der Waals surface area (Å²) in [7, 11) is 0. The van der Waals surface area contributed by atoms with Gasteiger partial charge in [-0.3, -0.25) is 0 Å². The van der Waals surface area contributed by atoms with Crippen LogP contribution in [0.15, 0.2) is 36.4 Å². The number of carbonyl (C=O) groups excluding carboxylic acids is 4. The number of rotatable bonds is 8. The zero-order chi connectivity index (χ0) is 37.3. The Morgan fingerprint density at radius 2 is 1.08 bits per heavy atom. The fraction of sp³-hybridized carbons (Fsp3) is 0.487. The highest BCUT2D eigenvalue weighted by atomic mass is 16.6. The molecule has 0 saturated carbocycles. The van der Waals surface area contributed by atoms with Gasteiger partial charge in [-0.2, -0.15) is 0 Å². The molecule has 12 nitrogen and oxygen atoms in total. The molecular formula is C39H48N4O8. The van der Waals surface area contributed by atoms with Crippen molar-refractivity contribution in [1.82, 2.24) is 10.6 Å². The van der Waals surface area contributed by atoms with Crippen molar-refractivity contribution in [2.45, 2.75) is 105 Å². The van der Waals surface area contributed by atoms with Crippen LogP contribution >= 0.6 is 0 Å². The lowest BCUT2D eigenvalue weighted by atomic mass is 9.98. The predicted octanol–water partition coefficient (Wildman–Crippen LogP) is 5.38. The van der Waals surface area contributed by atoms with Crippen molar-refractivity contribution in [2.75, 3.05) is 29.7 Å². The van der Waals surface area contributed by atoms with Crippen molar-refractivity contribution in [3.63, 3.8) is 0 Å². The smallest absolute Gasteiger partial charge is 0.408 e. The summed E-state index contributed by atoms with van der Waals surface area (Å²) in [5, 5.41) is 5.15. The fourth-order valence-corrected chi connectivity index (χ4v) is 5.52. The van der Waals surface area contributed by atoms with Gasteiger partial charge in [0.05, 0.1) is 19.9 Å². The molecule has 0 radical (unpaired) electrons. The van der Waals surface area contributed by atoms with Crippen LogP contribution in [0.4, 0.5) is 21.0 Å². The molecule has 0 unspecified atom stereocenters. The standard InChI is InChI=1S/C39H48N4O8/c1-9-48-34(44)30(40-36(46)50-38(3,4)5)15-11-13-26-17-19-32-28(21-26)23-42-25-43(32)24-29-22-27(18-20-33(29)42)14-12-16-31(35(45)49-10-2)41-37(47)51-39(6,7)8/h17-22,30-31H,9-10,15-16,23-25H2,1-8H3,(H,40,46)(H,41,47)/t30-,31-/m0/s1. The molecule has 2 aromatic carbocycles. The number of anilines is 2. The van der Waals surface area contributed by atoms with Crippen molar-refractivity contribution in [2.24, 2.45) is 0 Å². The van der Waals surface area contributed by atoms with E-state index < -0.39 is 47.4 Å². The average Bonchev–Trinajstić information content (AvgIpc) is 3.02. The molecule has 2 aliphatic rings. The number of benzene rings is 2. The summed E-state index contributed by atoms with van der Waals surface area (Å²) in [6.07, 6.45) is -1.29. The van der Waals surface area contributed by atoms with E-state index >= 15 is 0 Å². The number of fused-ring (bicyclic) bond motifs is 6. The lowest BCUT2D eigenvalue weighted by Gasteiger charge is -2.44. The minimum absolute atomic E-state index is 0.0652. The van der Waals surface area contributed by atoms with Crippen LogP contribution < -0.4 is 20.4 Å². The maximum Gasteiger partial charge on any atom is 0.408 e. The van der Waals surface area contributed by atoms with Crippen LogP contribution in [0.5, 0.6) is 0 Å². The SMILES string of the molecule is CCOC(=O)[C@H](CC#Cc1ccc2c(c1)CN1CN2Cc2cc(C#CC[C@H](NC(=O)OC(C)(C)C)C(=O)OCC)ccc21)NC(=O)OC(C)(C)C. The molecule has 2 aromatic rings. The van der Waals surface area contributed by atoms with Gasteiger partial charge in [-0.1, -0.05) is 23.7 Å². The van der Waals surface area contributed by atoms with Gasteiger partial charge in [-0.25, -0.2) is 19.2 Å². The first-order chi connectivity index (χ1) is 24.0. The molecule has 51 heavy (non-hydrogen) atoms. The lowest BCUT2D eigenvalue weighted by Crippen LogP contribution is -2.46. The van der Waals surface area contributed by atoms with E-state index in [1.807, 2.05) is 12.1 Å². The Bertz CT molecular complexity index is 1620. The Morgan fingerprint density at radius 1 is 0.686 bits per heavy atom. The molecule has 0 aromatic heterocycles. The molecule has 12 heteroatoms. The van der Waals surface area contributed by atoms with Gasteiger partial charge < -0.3 is 39.4 Å². The Hall–Kier alpha value is -5.36. The summed E-state index contributed by atoms with van der Waals surface area (Å²) in [5.74, 6) is 11.2. The number of hydrogen-bond acceptors (Lipinski definition) is 10. The zero-order valence-electron chi connectivity index (χ0n) is 30.7. The fourth-order valence-electron chi connectivity index (χ4n) is 5.52. The maximum atomic E-state index is 12.5. The number of hydrogen-bond donors (Lipinski definition) is 2. The minimum Gasteiger partial charge on any atom is -0.464 e. The van der Waals surface area contributed by atoms with Gasteiger partial charge in [0, 0.05) is 48.4 Å². The van der Waals surface area contributed by atoms with E-state index in [1.54, 1.807) is 55.4 Å². The maximum absolute atomic E-state index is 12.5. The normalized spacial score (nSPS) is 14.1. The van der Waals surface area contributed by atoms with Gasteiger partial charge in [-0.15, -0.1) is 0 Å². The monoisotopic (exact) mass is 700 g/mol. The summed E-state index contributed by atoms with van der Waals surface area (Å²) < 4.78 is 20.9. The summed E-state index contributed by atoms with van der Waals surface area (Å²) in [6, 6.07) is 10.2. The third kappa shape index (κ3) is 11.3. The molecule has 4 rings (SSSR count). The summed E-state index contributed by atoms with van der Waals surface area (Å²) in [5.41, 5.74) is 4.64. The van der Waals surface area contributed by atoms with Gasteiger partial charge in [0.2, 0.25) is 0 Å². The van der Waals surface area contributed by atoms with Gasteiger partial charge in [0.1, 0.15) is 23.3 Å². The van der Waals surface area contributed by atoms with Crippen LogP contribution in [0.25, 0.3) is 0 Å². The Kier molecular flexibility index (Phi) is 12.5. The molecule has 0 saturated heterocycles. The van der Waals surface area contributed by atoms with Crippen molar-refractivity contribution >= 4 is 35.5 Å². The second-order valence-electron chi connectivity index (χ2n) is 14.1. The number of carbonyl (C=O) groups is 4. The van der Waals surface area contributed by atoms with Gasteiger partial charge in [0.15, 0.2) is 0 Å².